The smallest absolute Gasteiger partial charge is 0.360 e. The second-order valence-electron chi connectivity index (χ2n) is 6.10. The van der Waals surface area contributed by atoms with Gasteiger partial charge in [-0.2, -0.15) is 10.4 Å². The Morgan fingerprint density at radius 1 is 1.31 bits per heavy atom. The highest BCUT2D eigenvalue weighted by Gasteiger charge is 2.24. The zero-order chi connectivity index (χ0) is 20.4. The van der Waals surface area contributed by atoms with Gasteiger partial charge < -0.3 is 9.84 Å². The molecule has 1 N–H and O–H groups in total. The Balaban J connectivity index is 1.73. The first-order valence-corrected chi connectivity index (χ1v) is 9.59. The van der Waals surface area contributed by atoms with Crippen molar-refractivity contribution >= 4 is 27.5 Å². The Kier molecular flexibility index (Phi) is 4.93. The maximum Gasteiger partial charge on any atom is 0.360 e. The van der Waals surface area contributed by atoms with Gasteiger partial charge in [0.25, 0.3) is 0 Å². The van der Waals surface area contributed by atoms with Crippen LogP contribution in [-0.4, -0.2) is 37.4 Å². The van der Waals surface area contributed by atoms with E-state index in [4.69, 9.17) is 4.74 Å². The molecule has 3 heterocycles. The van der Waals surface area contributed by atoms with Crippen LogP contribution in [0.25, 0.3) is 20.8 Å². The number of thiazole rings is 1. The summed E-state index contributed by atoms with van der Waals surface area (Å²) >= 11 is 1.16. The molecule has 4 rings (SSSR count). The van der Waals surface area contributed by atoms with Crippen LogP contribution in [0.4, 0.5) is 0 Å². The first kappa shape index (κ1) is 18.6. The molecule has 0 atom stereocenters. The van der Waals surface area contributed by atoms with E-state index in [9.17, 15) is 15.2 Å². The SMILES string of the molecule is CCOC(=O)c1nc(C#N)c2nc(-c3cnn(Cc4ccccc4)c3)sc2c1O. The summed E-state index contributed by atoms with van der Waals surface area (Å²) in [7, 11) is 0. The van der Waals surface area contributed by atoms with Crippen molar-refractivity contribution in [2.45, 2.75) is 13.5 Å². The summed E-state index contributed by atoms with van der Waals surface area (Å²) in [6.07, 6.45) is 3.51. The average molecular weight is 405 g/mol. The summed E-state index contributed by atoms with van der Waals surface area (Å²) in [6, 6.07) is 11.8. The van der Waals surface area contributed by atoms with E-state index in [0.717, 1.165) is 22.5 Å². The number of nitrogens with zero attached hydrogens (tertiary/aromatic N) is 5. The number of pyridine rings is 1. The average Bonchev–Trinajstić information content (AvgIpc) is 3.37. The third-order valence-electron chi connectivity index (χ3n) is 4.16. The molecule has 3 aromatic heterocycles. The molecule has 0 unspecified atom stereocenters. The predicted octanol–water partition coefficient (Wildman–Crippen LogP) is 3.36. The zero-order valence-corrected chi connectivity index (χ0v) is 16.2. The molecule has 8 nitrogen and oxygen atoms in total. The molecule has 144 valence electrons. The zero-order valence-electron chi connectivity index (χ0n) is 15.4. The Morgan fingerprint density at radius 2 is 2.10 bits per heavy atom. The number of rotatable bonds is 5. The first-order valence-electron chi connectivity index (χ1n) is 8.78. The van der Waals surface area contributed by atoms with E-state index in [1.165, 1.54) is 0 Å². The Bertz CT molecular complexity index is 1240. The maximum absolute atomic E-state index is 12.0. The van der Waals surface area contributed by atoms with Crippen molar-refractivity contribution in [2.24, 2.45) is 0 Å². The summed E-state index contributed by atoms with van der Waals surface area (Å²) in [4.78, 5) is 20.4. The van der Waals surface area contributed by atoms with Crippen molar-refractivity contribution in [1.29, 1.82) is 5.26 Å². The number of aromatic hydroxyl groups is 1. The lowest BCUT2D eigenvalue weighted by Gasteiger charge is -2.04. The Labute approximate surface area is 169 Å². The molecule has 0 aliphatic heterocycles. The van der Waals surface area contributed by atoms with E-state index in [0.29, 0.717) is 16.3 Å². The number of hydrogen-bond donors (Lipinski definition) is 1. The summed E-state index contributed by atoms with van der Waals surface area (Å²) in [6.45, 7) is 2.39. The number of fused-ring (bicyclic) bond motifs is 1. The number of aromatic nitrogens is 4. The highest BCUT2D eigenvalue weighted by Crippen LogP contribution is 2.38. The summed E-state index contributed by atoms with van der Waals surface area (Å²) in [5.41, 5.74) is 1.77. The molecule has 0 spiro atoms. The normalized spacial score (nSPS) is 10.8. The van der Waals surface area contributed by atoms with Crippen molar-refractivity contribution in [3.63, 3.8) is 0 Å². The first-order chi connectivity index (χ1) is 14.1. The minimum Gasteiger partial charge on any atom is -0.504 e. The molecular formula is C20H15N5O3S. The number of nitriles is 1. The van der Waals surface area contributed by atoms with Crippen LogP contribution in [0.5, 0.6) is 5.75 Å². The van der Waals surface area contributed by atoms with Crippen molar-refractivity contribution in [3.8, 4) is 22.4 Å². The number of carbonyl (C=O) groups is 1. The minimum atomic E-state index is -0.783. The minimum absolute atomic E-state index is 0.0416. The number of hydrogen-bond acceptors (Lipinski definition) is 8. The molecule has 0 bridgehead atoms. The quantitative estimate of drug-likeness (QED) is 0.506. The second kappa shape index (κ2) is 7.69. The summed E-state index contributed by atoms with van der Waals surface area (Å²) in [5, 5.41) is 24.8. The molecule has 0 aliphatic carbocycles. The molecular weight excluding hydrogens is 390 g/mol. The van der Waals surface area contributed by atoms with Gasteiger partial charge in [-0.15, -0.1) is 11.3 Å². The van der Waals surface area contributed by atoms with Crippen molar-refractivity contribution < 1.29 is 14.6 Å². The number of esters is 1. The molecule has 0 radical (unpaired) electrons. The highest BCUT2D eigenvalue weighted by atomic mass is 32.1. The molecule has 29 heavy (non-hydrogen) atoms. The van der Waals surface area contributed by atoms with Gasteiger partial charge in [0, 0.05) is 11.8 Å². The molecule has 0 saturated heterocycles. The van der Waals surface area contributed by atoms with Gasteiger partial charge in [-0.3, -0.25) is 4.68 Å². The van der Waals surface area contributed by atoms with Gasteiger partial charge in [-0.05, 0) is 12.5 Å². The third kappa shape index (κ3) is 3.53. The largest absolute Gasteiger partial charge is 0.504 e. The van der Waals surface area contributed by atoms with Gasteiger partial charge in [-0.25, -0.2) is 14.8 Å². The fourth-order valence-electron chi connectivity index (χ4n) is 2.84. The van der Waals surface area contributed by atoms with Crippen LogP contribution in [-0.2, 0) is 11.3 Å². The molecule has 4 aromatic rings. The van der Waals surface area contributed by atoms with Crippen LogP contribution in [0.2, 0.25) is 0 Å². The van der Waals surface area contributed by atoms with Crippen molar-refractivity contribution in [2.75, 3.05) is 6.61 Å². The monoisotopic (exact) mass is 405 g/mol. The summed E-state index contributed by atoms with van der Waals surface area (Å²) < 4.78 is 7.00. The molecule has 9 heteroatoms. The predicted molar refractivity (Wildman–Crippen MR) is 107 cm³/mol. The van der Waals surface area contributed by atoms with Crippen LogP contribution in [0.3, 0.4) is 0 Å². The van der Waals surface area contributed by atoms with Crippen LogP contribution >= 0.6 is 11.3 Å². The number of carbonyl (C=O) groups excluding carboxylic acids is 1. The fourth-order valence-corrected chi connectivity index (χ4v) is 3.83. The van der Waals surface area contributed by atoms with E-state index in [1.807, 2.05) is 42.6 Å². The number of benzene rings is 1. The van der Waals surface area contributed by atoms with Gasteiger partial charge >= 0.3 is 5.97 Å². The summed E-state index contributed by atoms with van der Waals surface area (Å²) in [5.74, 6) is -1.12. The van der Waals surface area contributed by atoms with Gasteiger partial charge in [0.05, 0.1) is 19.3 Å². The maximum atomic E-state index is 12.0. The molecule has 0 saturated carbocycles. The van der Waals surface area contributed by atoms with Crippen molar-refractivity contribution in [3.05, 3.63) is 59.7 Å². The van der Waals surface area contributed by atoms with Crippen molar-refractivity contribution in [1.82, 2.24) is 19.7 Å². The third-order valence-corrected chi connectivity index (χ3v) is 5.27. The van der Waals surface area contributed by atoms with E-state index in [-0.39, 0.29) is 29.3 Å². The van der Waals surface area contributed by atoms with Crippen LogP contribution in [0.15, 0.2) is 42.7 Å². The van der Waals surface area contributed by atoms with Crippen LogP contribution in [0, 0.1) is 11.3 Å². The Hall–Kier alpha value is -3.77. The van der Waals surface area contributed by atoms with E-state index in [1.54, 1.807) is 17.8 Å². The lowest BCUT2D eigenvalue weighted by Crippen LogP contribution is -2.08. The van der Waals surface area contributed by atoms with E-state index in [2.05, 4.69) is 15.1 Å². The standard InChI is InChI=1S/C20H15N5O3S/c1-2-28-20(27)16-17(26)18-15(14(8-21)23-16)24-19(29-18)13-9-22-25(11-13)10-12-6-4-3-5-7-12/h3-7,9,11,26H,2,10H2,1H3. The lowest BCUT2D eigenvalue weighted by molar-refractivity contribution is 0.0516. The molecule has 1 aromatic carbocycles. The van der Waals surface area contributed by atoms with Gasteiger partial charge in [0.2, 0.25) is 0 Å². The van der Waals surface area contributed by atoms with Crippen LogP contribution < -0.4 is 0 Å². The highest BCUT2D eigenvalue weighted by molar-refractivity contribution is 7.22. The van der Waals surface area contributed by atoms with Gasteiger partial charge in [-0.1, -0.05) is 30.3 Å². The van der Waals surface area contributed by atoms with E-state index < -0.39 is 5.97 Å². The van der Waals surface area contributed by atoms with E-state index >= 15 is 0 Å². The molecule has 0 fully saturated rings. The van der Waals surface area contributed by atoms with Crippen LogP contribution in [0.1, 0.15) is 28.7 Å². The van der Waals surface area contributed by atoms with Gasteiger partial charge in [0.15, 0.2) is 17.1 Å². The second-order valence-corrected chi connectivity index (χ2v) is 7.10. The Morgan fingerprint density at radius 3 is 2.83 bits per heavy atom. The molecule has 0 aliphatic rings. The molecule has 0 amide bonds. The lowest BCUT2D eigenvalue weighted by atomic mass is 10.2. The van der Waals surface area contributed by atoms with Gasteiger partial charge in [0.1, 0.15) is 21.3 Å². The number of ether oxygens (including phenoxy) is 1. The fraction of sp³-hybridized carbons (Fsp3) is 0.150. The topological polar surface area (TPSA) is 114 Å².